The number of ether oxygens (including phenoxy) is 1. The Labute approximate surface area is 132 Å². The van der Waals surface area contributed by atoms with Crippen molar-refractivity contribution in [3.8, 4) is 5.75 Å². The molecule has 106 valence electrons. The second-order valence-electron chi connectivity index (χ2n) is 4.44. The summed E-state index contributed by atoms with van der Waals surface area (Å²) in [6, 6.07) is 7.87. The number of benzene rings is 1. The molecule has 1 N–H and O–H groups in total. The highest BCUT2D eigenvalue weighted by atomic mass is 79.9. The molecule has 0 aliphatic carbocycles. The molecular formula is C15H16BrClN2O. The SMILES string of the molecule is CNC(Cc1cc(Cl)ccc1OC)c1cncc(Br)c1. The first-order chi connectivity index (χ1) is 9.63. The third kappa shape index (κ3) is 3.72. The number of halogens is 2. The zero-order valence-corrected chi connectivity index (χ0v) is 13.7. The van der Waals surface area contributed by atoms with Crippen LogP contribution in [0.25, 0.3) is 0 Å². The van der Waals surface area contributed by atoms with Crippen LogP contribution >= 0.6 is 27.5 Å². The maximum absolute atomic E-state index is 6.08. The van der Waals surface area contributed by atoms with Crippen LogP contribution in [0.3, 0.4) is 0 Å². The molecule has 1 aromatic carbocycles. The van der Waals surface area contributed by atoms with Gasteiger partial charge < -0.3 is 10.1 Å². The van der Waals surface area contributed by atoms with Gasteiger partial charge in [-0.1, -0.05) is 11.6 Å². The Hall–Kier alpha value is -1.10. The second kappa shape index (κ2) is 7.07. The summed E-state index contributed by atoms with van der Waals surface area (Å²) in [6.45, 7) is 0. The van der Waals surface area contributed by atoms with Crippen molar-refractivity contribution >= 4 is 27.5 Å². The predicted molar refractivity (Wildman–Crippen MR) is 85.4 cm³/mol. The van der Waals surface area contributed by atoms with Crippen LogP contribution in [-0.4, -0.2) is 19.1 Å². The molecule has 1 aromatic heterocycles. The van der Waals surface area contributed by atoms with E-state index in [-0.39, 0.29) is 6.04 Å². The number of rotatable bonds is 5. The van der Waals surface area contributed by atoms with Crippen molar-refractivity contribution in [1.29, 1.82) is 0 Å². The van der Waals surface area contributed by atoms with Gasteiger partial charge in [0.15, 0.2) is 0 Å². The van der Waals surface area contributed by atoms with E-state index in [4.69, 9.17) is 16.3 Å². The Balaban J connectivity index is 2.28. The minimum absolute atomic E-state index is 0.146. The minimum Gasteiger partial charge on any atom is -0.496 e. The van der Waals surface area contributed by atoms with Crippen molar-refractivity contribution in [2.24, 2.45) is 0 Å². The Morgan fingerprint density at radius 1 is 1.35 bits per heavy atom. The largest absolute Gasteiger partial charge is 0.496 e. The Bertz CT molecular complexity index is 592. The van der Waals surface area contributed by atoms with Gasteiger partial charge in [-0.3, -0.25) is 4.98 Å². The summed E-state index contributed by atoms with van der Waals surface area (Å²) >= 11 is 9.52. The van der Waals surface area contributed by atoms with Crippen molar-refractivity contribution in [2.75, 3.05) is 14.2 Å². The number of pyridine rings is 1. The molecule has 1 atom stereocenters. The van der Waals surface area contributed by atoms with Crippen LogP contribution in [0.2, 0.25) is 5.02 Å². The molecule has 0 fully saturated rings. The fourth-order valence-electron chi connectivity index (χ4n) is 2.13. The molecule has 5 heteroatoms. The van der Waals surface area contributed by atoms with Gasteiger partial charge in [0.25, 0.3) is 0 Å². The lowest BCUT2D eigenvalue weighted by Crippen LogP contribution is -2.19. The monoisotopic (exact) mass is 354 g/mol. The van der Waals surface area contributed by atoms with Gasteiger partial charge in [0.1, 0.15) is 5.75 Å². The molecule has 2 aromatic rings. The van der Waals surface area contributed by atoms with Gasteiger partial charge in [-0.05, 0) is 64.8 Å². The average Bonchev–Trinajstić information content (AvgIpc) is 2.45. The van der Waals surface area contributed by atoms with E-state index < -0.39 is 0 Å². The molecule has 0 aliphatic rings. The van der Waals surface area contributed by atoms with Gasteiger partial charge in [-0.25, -0.2) is 0 Å². The number of nitrogens with zero attached hydrogens (tertiary/aromatic N) is 1. The lowest BCUT2D eigenvalue weighted by atomic mass is 9.99. The summed E-state index contributed by atoms with van der Waals surface area (Å²) in [5.74, 6) is 0.845. The van der Waals surface area contributed by atoms with Gasteiger partial charge in [-0.2, -0.15) is 0 Å². The minimum atomic E-state index is 0.146. The van der Waals surface area contributed by atoms with Crippen LogP contribution in [0.15, 0.2) is 41.1 Å². The third-order valence-corrected chi connectivity index (χ3v) is 3.81. The van der Waals surface area contributed by atoms with E-state index in [0.29, 0.717) is 5.02 Å². The van der Waals surface area contributed by atoms with Crippen molar-refractivity contribution in [3.05, 3.63) is 57.3 Å². The third-order valence-electron chi connectivity index (χ3n) is 3.14. The van der Waals surface area contributed by atoms with E-state index in [1.807, 2.05) is 31.4 Å². The lowest BCUT2D eigenvalue weighted by molar-refractivity contribution is 0.406. The van der Waals surface area contributed by atoms with E-state index >= 15 is 0 Å². The van der Waals surface area contributed by atoms with Crippen LogP contribution in [0, 0.1) is 0 Å². The first-order valence-electron chi connectivity index (χ1n) is 6.24. The van der Waals surface area contributed by atoms with Crippen molar-refractivity contribution in [2.45, 2.75) is 12.5 Å². The Morgan fingerprint density at radius 3 is 2.80 bits per heavy atom. The van der Waals surface area contributed by atoms with Gasteiger partial charge >= 0.3 is 0 Å². The van der Waals surface area contributed by atoms with Gasteiger partial charge in [0.2, 0.25) is 0 Å². The molecule has 0 amide bonds. The summed E-state index contributed by atoms with van der Waals surface area (Å²) in [5.41, 5.74) is 2.18. The van der Waals surface area contributed by atoms with E-state index in [0.717, 1.165) is 27.8 Å². The van der Waals surface area contributed by atoms with Crippen molar-refractivity contribution < 1.29 is 4.74 Å². The van der Waals surface area contributed by atoms with Crippen molar-refractivity contribution in [3.63, 3.8) is 0 Å². The highest BCUT2D eigenvalue weighted by Crippen LogP contribution is 2.28. The van der Waals surface area contributed by atoms with Gasteiger partial charge in [0, 0.05) is 27.9 Å². The van der Waals surface area contributed by atoms with Crippen molar-refractivity contribution in [1.82, 2.24) is 10.3 Å². The topological polar surface area (TPSA) is 34.1 Å². The molecule has 0 spiro atoms. The molecule has 2 rings (SSSR count). The lowest BCUT2D eigenvalue weighted by Gasteiger charge is -2.18. The van der Waals surface area contributed by atoms with Gasteiger partial charge in [0.05, 0.1) is 7.11 Å². The highest BCUT2D eigenvalue weighted by molar-refractivity contribution is 9.10. The maximum Gasteiger partial charge on any atom is 0.122 e. The molecule has 3 nitrogen and oxygen atoms in total. The molecule has 0 saturated carbocycles. The molecule has 0 radical (unpaired) electrons. The number of aromatic nitrogens is 1. The summed E-state index contributed by atoms with van der Waals surface area (Å²) in [5, 5.41) is 4.02. The molecule has 0 saturated heterocycles. The second-order valence-corrected chi connectivity index (χ2v) is 5.79. The van der Waals surface area contributed by atoms with E-state index in [2.05, 4.69) is 32.3 Å². The molecule has 0 bridgehead atoms. The van der Waals surface area contributed by atoms with Crippen LogP contribution < -0.4 is 10.1 Å². The molecule has 1 heterocycles. The Morgan fingerprint density at radius 2 is 2.15 bits per heavy atom. The highest BCUT2D eigenvalue weighted by Gasteiger charge is 2.14. The first kappa shape index (κ1) is 15.3. The fraction of sp³-hybridized carbons (Fsp3) is 0.267. The smallest absolute Gasteiger partial charge is 0.122 e. The molecule has 0 aliphatic heterocycles. The zero-order valence-electron chi connectivity index (χ0n) is 11.4. The quantitative estimate of drug-likeness (QED) is 0.880. The number of hydrogen-bond acceptors (Lipinski definition) is 3. The van der Waals surface area contributed by atoms with Gasteiger partial charge in [-0.15, -0.1) is 0 Å². The first-order valence-corrected chi connectivity index (χ1v) is 7.41. The summed E-state index contributed by atoms with van der Waals surface area (Å²) < 4.78 is 6.36. The van der Waals surface area contributed by atoms with Crippen LogP contribution in [-0.2, 0) is 6.42 Å². The van der Waals surface area contributed by atoms with Crippen LogP contribution in [0.5, 0.6) is 5.75 Å². The zero-order chi connectivity index (χ0) is 14.5. The van der Waals surface area contributed by atoms with E-state index in [1.165, 1.54) is 0 Å². The molecule has 20 heavy (non-hydrogen) atoms. The van der Waals surface area contributed by atoms with E-state index in [1.54, 1.807) is 13.3 Å². The van der Waals surface area contributed by atoms with Crippen LogP contribution in [0.4, 0.5) is 0 Å². The average molecular weight is 356 g/mol. The standard InChI is InChI=1S/C15H16BrClN2O/c1-18-14(11-5-12(16)9-19-8-11)7-10-6-13(17)3-4-15(10)20-2/h3-6,8-9,14,18H,7H2,1-2H3. The Kier molecular flexibility index (Phi) is 5.40. The number of hydrogen-bond donors (Lipinski definition) is 1. The number of nitrogens with one attached hydrogen (secondary N) is 1. The summed E-state index contributed by atoms with van der Waals surface area (Å²) in [4.78, 5) is 4.21. The molecule has 1 unspecified atom stereocenters. The van der Waals surface area contributed by atoms with E-state index in [9.17, 15) is 0 Å². The summed E-state index contributed by atoms with van der Waals surface area (Å²) in [6.07, 6.45) is 4.41. The van der Waals surface area contributed by atoms with Crippen LogP contribution in [0.1, 0.15) is 17.2 Å². The normalized spacial score (nSPS) is 12.2. The predicted octanol–water partition coefficient (Wildman–Crippen LogP) is 4.01. The molecular weight excluding hydrogens is 340 g/mol. The number of likely N-dealkylation sites (N-methyl/N-ethyl adjacent to an activating group) is 1. The maximum atomic E-state index is 6.08. The number of methoxy groups -OCH3 is 1. The fourth-order valence-corrected chi connectivity index (χ4v) is 2.71. The summed E-state index contributed by atoms with van der Waals surface area (Å²) in [7, 11) is 3.60.